The van der Waals surface area contributed by atoms with E-state index in [9.17, 15) is 19.5 Å². The van der Waals surface area contributed by atoms with Crippen LogP contribution in [0.25, 0.3) is 6.08 Å². The Kier molecular flexibility index (Phi) is 6.13. The van der Waals surface area contributed by atoms with Crippen LogP contribution in [0.15, 0.2) is 29.2 Å². The topological polar surface area (TPSA) is 77.9 Å². The molecule has 1 aliphatic rings. The molecule has 6 nitrogen and oxygen atoms in total. The molecule has 26 heavy (non-hydrogen) atoms. The fourth-order valence-corrected chi connectivity index (χ4v) is 3.48. The van der Waals surface area contributed by atoms with E-state index in [-0.39, 0.29) is 24.2 Å². The second kappa shape index (κ2) is 7.95. The summed E-state index contributed by atoms with van der Waals surface area (Å²) in [5.74, 6) is -0.376. The van der Waals surface area contributed by atoms with Crippen LogP contribution in [0.2, 0.25) is 0 Å². The van der Waals surface area contributed by atoms with Crippen LogP contribution in [-0.4, -0.2) is 50.8 Å². The molecule has 0 bridgehead atoms. The van der Waals surface area contributed by atoms with Crippen molar-refractivity contribution in [3.8, 4) is 0 Å². The summed E-state index contributed by atoms with van der Waals surface area (Å²) >= 11 is 0.887. The van der Waals surface area contributed by atoms with Crippen molar-refractivity contribution in [2.75, 3.05) is 13.1 Å². The Morgan fingerprint density at radius 1 is 1.23 bits per heavy atom. The molecule has 0 aromatic heterocycles. The summed E-state index contributed by atoms with van der Waals surface area (Å²) in [6, 6.07) is 7.81. The highest BCUT2D eigenvalue weighted by molar-refractivity contribution is 8.18. The zero-order chi connectivity index (χ0) is 19.5. The summed E-state index contributed by atoms with van der Waals surface area (Å²) in [5, 5.41) is 8.96. The molecule has 1 aromatic rings. The van der Waals surface area contributed by atoms with E-state index < -0.39 is 11.6 Å². The normalized spacial score (nSPS) is 16.5. The molecule has 0 radical (unpaired) electrons. The molecule has 1 saturated heterocycles. The lowest BCUT2D eigenvalue weighted by molar-refractivity contribution is -0.123. The number of imide groups is 1. The molecule has 1 aliphatic heterocycles. The van der Waals surface area contributed by atoms with Crippen LogP contribution < -0.4 is 0 Å². The van der Waals surface area contributed by atoms with Crippen molar-refractivity contribution in [1.82, 2.24) is 9.80 Å². The highest BCUT2D eigenvalue weighted by Gasteiger charge is 2.36. The number of hydrogen-bond acceptors (Lipinski definition) is 4. The average molecular weight is 376 g/mol. The van der Waals surface area contributed by atoms with Gasteiger partial charge in [-0.2, -0.15) is 0 Å². The Balaban J connectivity index is 2.10. The summed E-state index contributed by atoms with van der Waals surface area (Å²) in [6.45, 7) is 7.51. The minimum absolute atomic E-state index is 0.0420. The first-order chi connectivity index (χ1) is 12.1. The van der Waals surface area contributed by atoms with Crippen molar-refractivity contribution in [3.05, 3.63) is 40.3 Å². The van der Waals surface area contributed by atoms with Gasteiger partial charge in [-0.25, -0.2) is 4.79 Å². The average Bonchev–Trinajstić information content (AvgIpc) is 2.81. The third-order valence-electron chi connectivity index (χ3n) is 4.15. The first kappa shape index (κ1) is 20.0. The van der Waals surface area contributed by atoms with Gasteiger partial charge < -0.3 is 10.0 Å². The molecule has 1 N–H and O–H groups in total. The molecule has 1 aromatic carbocycles. The summed E-state index contributed by atoms with van der Waals surface area (Å²) < 4.78 is 0. The smallest absolute Gasteiger partial charge is 0.407 e. The molecule has 0 saturated carbocycles. The molecule has 7 heteroatoms. The molecule has 0 unspecified atom stereocenters. The maximum Gasteiger partial charge on any atom is 0.407 e. The fourth-order valence-electron chi connectivity index (χ4n) is 2.61. The predicted octanol–water partition coefficient (Wildman–Crippen LogP) is 4.06. The van der Waals surface area contributed by atoms with E-state index in [1.54, 1.807) is 26.8 Å². The number of carboxylic acid groups (broad SMARTS) is 1. The molecule has 3 amide bonds. The van der Waals surface area contributed by atoms with Gasteiger partial charge in [0.1, 0.15) is 0 Å². The van der Waals surface area contributed by atoms with Gasteiger partial charge in [0.15, 0.2) is 0 Å². The standard InChI is InChI=1S/C19H24N2O4S/c1-5-13-6-8-14(9-7-13)12-15-16(22)20(18(25)26-15)10-11-21(17(23)24)19(2,3)4/h6-9,12H,5,10-11H2,1-4H3,(H,23,24)/b15-12-. The Morgan fingerprint density at radius 3 is 2.35 bits per heavy atom. The van der Waals surface area contributed by atoms with Crippen molar-refractivity contribution in [2.45, 2.75) is 39.7 Å². The molecule has 1 fully saturated rings. The number of nitrogens with zero attached hydrogens (tertiary/aromatic N) is 2. The van der Waals surface area contributed by atoms with Crippen molar-refractivity contribution in [1.29, 1.82) is 0 Å². The van der Waals surface area contributed by atoms with Gasteiger partial charge in [-0.05, 0) is 56.2 Å². The zero-order valence-corrected chi connectivity index (χ0v) is 16.3. The predicted molar refractivity (Wildman–Crippen MR) is 103 cm³/mol. The van der Waals surface area contributed by atoms with Crippen LogP contribution in [0.1, 0.15) is 38.8 Å². The van der Waals surface area contributed by atoms with Crippen LogP contribution in [0, 0.1) is 0 Å². The molecule has 0 atom stereocenters. The van der Waals surface area contributed by atoms with Crippen molar-refractivity contribution in [2.24, 2.45) is 0 Å². The maximum atomic E-state index is 12.5. The first-order valence-corrected chi connectivity index (χ1v) is 9.30. The van der Waals surface area contributed by atoms with E-state index in [4.69, 9.17) is 0 Å². The van der Waals surface area contributed by atoms with E-state index in [0.29, 0.717) is 4.91 Å². The zero-order valence-electron chi connectivity index (χ0n) is 15.5. The molecule has 0 spiro atoms. The number of carbonyl (C=O) groups is 3. The van der Waals surface area contributed by atoms with Crippen molar-refractivity contribution in [3.63, 3.8) is 0 Å². The number of amides is 3. The molecule has 2 rings (SSSR count). The molecule has 140 valence electrons. The molecular weight excluding hydrogens is 352 g/mol. The van der Waals surface area contributed by atoms with Gasteiger partial charge in [-0.1, -0.05) is 31.2 Å². The summed E-state index contributed by atoms with van der Waals surface area (Å²) in [6.07, 6.45) is 1.56. The number of aryl methyl sites for hydroxylation is 1. The van der Waals surface area contributed by atoms with Crippen molar-refractivity contribution >= 4 is 35.1 Å². The van der Waals surface area contributed by atoms with Gasteiger partial charge in [-0.15, -0.1) is 0 Å². The Bertz CT molecular complexity index is 735. The summed E-state index contributed by atoms with van der Waals surface area (Å²) in [4.78, 5) is 38.8. The van der Waals surface area contributed by atoms with Crippen LogP contribution in [0.3, 0.4) is 0 Å². The number of benzene rings is 1. The lowest BCUT2D eigenvalue weighted by atomic mass is 10.1. The lowest BCUT2D eigenvalue weighted by Crippen LogP contribution is -2.48. The lowest BCUT2D eigenvalue weighted by Gasteiger charge is -2.33. The van der Waals surface area contributed by atoms with Crippen molar-refractivity contribution < 1.29 is 19.5 Å². The van der Waals surface area contributed by atoms with Gasteiger partial charge >= 0.3 is 6.09 Å². The number of carbonyl (C=O) groups excluding carboxylic acids is 2. The largest absolute Gasteiger partial charge is 0.465 e. The number of rotatable bonds is 5. The number of hydrogen-bond donors (Lipinski definition) is 1. The molecular formula is C19H24N2O4S. The SMILES string of the molecule is CCc1ccc(/C=C2\SC(=O)N(CCN(C(=O)O)C(C)(C)C)C2=O)cc1. The minimum atomic E-state index is -1.07. The number of thioether (sulfide) groups is 1. The summed E-state index contributed by atoms with van der Waals surface area (Å²) in [5.41, 5.74) is 1.45. The van der Waals surface area contributed by atoms with Gasteiger partial charge in [-0.3, -0.25) is 14.5 Å². The third kappa shape index (κ3) is 4.66. The Labute approximate surface area is 157 Å². The van der Waals surface area contributed by atoms with E-state index in [1.165, 1.54) is 10.5 Å². The first-order valence-electron chi connectivity index (χ1n) is 8.48. The van der Waals surface area contributed by atoms with Crippen LogP contribution in [-0.2, 0) is 11.2 Å². The van der Waals surface area contributed by atoms with E-state index in [0.717, 1.165) is 28.6 Å². The minimum Gasteiger partial charge on any atom is -0.465 e. The Morgan fingerprint density at radius 2 is 1.85 bits per heavy atom. The van der Waals surface area contributed by atoms with Gasteiger partial charge in [0.2, 0.25) is 0 Å². The maximum absolute atomic E-state index is 12.5. The Hall–Kier alpha value is -2.28. The van der Waals surface area contributed by atoms with Crippen LogP contribution in [0.5, 0.6) is 0 Å². The monoisotopic (exact) mass is 376 g/mol. The summed E-state index contributed by atoms with van der Waals surface area (Å²) in [7, 11) is 0. The molecule has 1 heterocycles. The second-order valence-corrected chi connectivity index (χ2v) is 8.03. The van der Waals surface area contributed by atoms with Crippen LogP contribution >= 0.6 is 11.8 Å². The van der Waals surface area contributed by atoms with Crippen LogP contribution in [0.4, 0.5) is 9.59 Å². The fraction of sp³-hybridized carbons (Fsp3) is 0.421. The highest BCUT2D eigenvalue weighted by Crippen LogP contribution is 2.32. The quantitative estimate of drug-likeness (QED) is 0.784. The molecule has 0 aliphatic carbocycles. The highest BCUT2D eigenvalue weighted by atomic mass is 32.2. The van der Waals surface area contributed by atoms with E-state index in [2.05, 4.69) is 6.92 Å². The van der Waals surface area contributed by atoms with Gasteiger partial charge in [0, 0.05) is 18.6 Å². The third-order valence-corrected chi connectivity index (χ3v) is 5.05. The second-order valence-electron chi connectivity index (χ2n) is 7.03. The van der Waals surface area contributed by atoms with E-state index >= 15 is 0 Å². The van der Waals surface area contributed by atoms with Gasteiger partial charge in [0.25, 0.3) is 11.1 Å². The van der Waals surface area contributed by atoms with E-state index in [1.807, 2.05) is 24.3 Å². The van der Waals surface area contributed by atoms with Gasteiger partial charge in [0.05, 0.1) is 4.91 Å².